The molecule has 1 aliphatic rings. The van der Waals surface area contributed by atoms with Gasteiger partial charge in [0.05, 0.1) is 0 Å². The molecule has 5 heteroatoms. The van der Waals surface area contributed by atoms with Crippen LogP contribution >= 0.6 is 23.2 Å². The first kappa shape index (κ1) is 14.5. The number of hydrogen-bond acceptors (Lipinski definition) is 3. The number of nitrogens with two attached hydrogens (primary N) is 1. The van der Waals surface area contributed by atoms with Crippen molar-refractivity contribution in [1.82, 2.24) is 0 Å². The summed E-state index contributed by atoms with van der Waals surface area (Å²) in [6.45, 7) is 0.851. The average Bonchev–Trinajstić information content (AvgIpc) is 2.47. The van der Waals surface area contributed by atoms with Gasteiger partial charge in [-0.3, -0.25) is 0 Å². The second-order valence-corrected chi connectivity index (χ2v) is 5.85. The van der Waals surface area contributed by atoms with Gasteiger partial charge in [0.25, 0.3) is 0 Å². The third-order valence-corrected chi connectivity index (χ3v) is 4.13. The molecular weight excluding hydrogens is 309 g/mol. The zero-order valence-corrected chi connectivity index (χ0v) is 12.8. The Morgan fingerprint density at radius 1 is 1.19 bits per heavy atom. The molecule has 0 amide bonds. The van der Waals surface area contributed by atoms with E-state index in [-0.39, 0.29) is 6.04 Å². The van der Waals surface area contributed by atoms with Gasteiger partial charge in [-0.25, -0.2) is 0 Å². The lowest BCUT2D eigenvalue weighted by atomic mass is 10.0. The van der Waals surface area contributed by atoms with Crippen molar-refractivity contribution in [3.8, 4) is 11.5 Å². The van der Waals surface area contributed by atoms with E-state index < -0.39 is 0 Å². The van der Waals surface area contributed by atoms with Crippen LogP contribution in [0.1, 0.15) is 11.1 Å². The molecule has 3 nitrogen and oxygen atoms in total. The van der Waals surface area contributed by atoms with E-state index in [1.807, 2.05) is 24.3 Å². The second-order valence-electron chi connectivity index (χ2n) is 5.03. The molecule has 0 aliphatic carbocycles. The molecule has 110 valence electrons. The van der Waals surface area contributed by atoms with Gasteiger partial charge in [0.15, 0.2) is 0 Å². The van der Waals surface area contributed by atoms with Crippen LogP contribution in [-0.2, 0) is 13.0 Å². The van der Waals surface area contributed by atoms with Crippen molar-refractivity contribution >= 4 is 23.2 Å². The summed E-state index contributed by atoms with van der Waals surface area (Å²) < 4.78 is 11.4. The first-order valence-electron chi connectivity index (χ1n) is 6.70. The largest absolute Gasteiger partial charge is 0.492 e. The summed E-state index contributed by atoms with van der Waals surface area (Å²) in [6, 6.07) is 11.2. The van der Waals surface area contributed by atoms with E-state index in [9.17, 15) is 0 Å². The van der Waals surface area contributed by atoms with Crippen LogP contribution in [0.15, 0.2) is 36.4 Å². The Bertz CT molecular complexity index is 640. The van der Waals surface area contributed by atoms with Crippen molar-refractivity contribution in [1.29, 1.82) is 0 Å². The molecule has 0 unspecified atom stereocenters. The van der Waals surface area contributed by atoms with Crippen LogP contribution in [0.2, 0.25) is 10.0 Å². The quantitative estimate of drug-likeness (QED) is 0.933. The molecule has 2 aromatic carbocycles. The number of benzene rings is 2. The van der Waals surface area contributed by atoms with Gasteiger partial charge in [0.1, 0.15) is 24.7 Å². The maximum atomic E-state index is 6.12. The SMILES string of the molecule is N[C@@H]1COc2cc(OCc3c(Cl)cccc3Cl)ccc2C1. The topological polar surface area (TPSA) is 44.5 Å². The van der Waals surface area contributed by atoms with Crippen molar-refractivity contribution < 1.29 is 9.47 Å². The molecule has 2 N–H and O–H groups in total. The molecule has 1 atom stereocenters. The Labute approximate surface area is 133 Å². The first-order valence-corrected chi connectivity index (χ1v) is 7.46. The lowest BCUT2D eigenvalue weighted by Crippen LogP contribution is -2.33. The molecule has 0 saturated heterocycles. The van der Waals surface area contributed by atoms with Gasteiger partial charge in [-0.15, -0.1) is 0 Å². The fourth-order valence-corrected chi connectivity index (χ4v) is 2.80. The average molecular weight is 324 g/mol. The standard InChI is InChI=1S/C16H15Cl2NO2/c17-14-2-1-3-15(18)13(14)9-20-12-5-4-10-6-11(19)8-21-16(10)7-12/h1-5,7,11H,6,8-9,19H2/t11-/m0/s1. The Hall–Kier alpha value is -1.42. The molecular formula is C16H15Cl2NO2. The van der Waals surface area contributed by atoms with Crippen molar-refractivity contribution in [2.45, 2.75) is 19.1 Å². The fourth-order valence-electron chi connectivity index (χ4n) is 2.29. The molecule has 1 aliphatic heterocycles. The van der Waals surface area contributed by atoms with Crippen LogP contribution in [0.25, 0.3) is 0 Å². The molecule has 0 saturated carbocycles. The number of hydrogen-bond donors (Lipinski definition) is 1. The third-order valence-electron chi connectivity index (χ3n) is 3.42. The van der Waals surface area contributed by atoms with Gasteiger partial charge < -0.3 is 15.2 Å². The number of ether oxygens (including phenoxy) is 2. The van der Waals surface area contributed by atoms with E-state index in [2.05, 4.69) is 0 Å². The van der Waals surface area contributed by atoms with E-state index in [0.717, 1.165) is 29.0 Å². The van der Waals surface area contributed by atoms with Crippen LogP contribution in [0.3, 0.4) is 0 Å². The van der Waals surface area contributed by atoms with Crippen LogP contribution in [0.5, 0.6) is 11.5 Å². The van der Waals surface area contributed by atoms with Gasteiger partial charge in [-0.05, 0) is 30.2 Å². The van der Waals surface area contributed by atoms with E-state index in [1.54, 1.807) is 12.1 Å². The van der Waals surface area contributed by atoms with Gasteiger partial charge >= 0.3 is 0 Å². The van der Waals surface area contributed by atoms with Crippen molar-refractivity contribution in [2.24, 2.45) is 5.73 Å². The van der Waals surface area contributed by atoms with Gasteiger partial charge in [-0.1, -0.05) is 35.3 Å². The maximum Gasteiger partial charge on any atom is 0.126 e. The molecule has 2 aromatic rings. The summed E-state index contributed by atoms with van der Waals surface area (Å²) in [7, 11) is 0. The van der Waals surface area contributed by atoms with E-state index >= 15 is 0 Å². The summed E-state index contributed by atoms with van der Waals surface area (Å²) in [6.07, 6.45) is 0.825. The Morgan fingerprint density at radius 2 is 1.95 bits per heavy atom. The predicted molar refractivity (Wildman–Crippen MR) is 84.4 cm³/mol. The Kier molecular flexibility index (Phi) is 4.24. The Morgan fingerprint density at radius 3 is 2.71 bits per heavy atom. The minimum Gasteiger partial charge on any atom is -0.492 e. The highest BCUT2D eigenvalue weighted by Crippen LogP contribution is 2.30. The Balaban J connectivity index is 1.74. The summed E-state index contributed by atoms with van der Waals surface area (Å²) in [4.78, 5) is 0. The molecule has 0 fully saturated rings. The number of fused-ring (bicyclic) bond motifs is 1. The molecule has 0 aromatic heterocycles. The van der Waals surface area contributed by atoms with Gasteiger partial charge in [0.2, 0.25) is 0 Å². The second kappa shape index (κ2) is 6.14. The molecule has 0 spiro atoms. The normalized spacial score (nSPS) is 17.0. The molecule has 0 radical (unpaired) electrons. The van der Waals surface area contributed by atoms with E-state index in [1.165, 1.54) is 0 Å². The van der Waals surface area contributed by atoms with Crippen molar-refractivity contribution in [3.05, 3.63) is 57.6 Å². The van der Waals surface area contributed by atoms with Crippen molar-refractivity contribution in [3.63, 3.8) is 0 Å². The zero-order chi connectivity index (χ0) is 14.8. The highest BCUT2D eigenvalue weighted by atomic mass is 35.5. The highest BCUT2D eigenvalue weighted by Gasteiger charge is 2.17. The monoisotopic (exact) mass is 323 g/mol. The zero-order valence-electron chi connectivity index (χ0n) is 11.3. The number of halogens is 2. The number of rotatable bonds is 3. The van der Waals surface area contributed by atoms with Crippen LogP contribution in [0.4, 0.5) is 0 Å². The minimum absolute atomic E-state index is 0.0613. The third kappa shape index (κ3) is 3.26. The highest BCUT2D eigenvalue weighted by molar-refractivity contribution is 6.35. The molecule has 3 rings (SSSR count). The van der Waals surface area contributed by atoms with Gasteiger partial charge in [-0.2, -0.15) is 0 Å². The van der Waals surface area contributed by atoms with Crippen LogP contribution in [0, 0.1) is 0 Å². The summed E-state index contributed by atoms with van der Waals surface area (Å²) in [5.41, 5.74) is 7.76. The summed E-state index contributed by atoms with van der Waals surface area (Å²) in [5, 5.41) is 1.20. The van der Waals surface area contributed by atoms with Crippen molar-refractivity contribution in [2.75, 3.05) is 6.61 Å². The lowest BCUT2D eigenvalue weighted by Gasteiger charge is -2.23. The fraction of sp³-hybridized carbons (Fsp3) is 0.250. The summed E-state index contributed by atoms with van der Waals surface area (Å²) >= 11 is 12.2. The minimum atomic E-state index is 0.0613. The lowest BCUT2D eigenvalue weighted by molar-refractivity contribution is 0.258. The van der Waals surface area contributed by atoms with E-state index in [4.69, 9.17) is 38.4 Å². The summed E-state index contributed by atoms with van der Waals surface area (Å²) in [5.74, 6) is 1.56. The molecule has 21 heavy (non-hydrogen) atoms. The van der Waals surface area contributed by atoms with Crippen LogP contribution < -0.4 is 15.2 Å². The maximum absolute atomic E-state index is 6.12. The molecule has 1 heterocycles. The predicted octanol–water partition coefficient (Wildman–Crippen LogP) is 3.83. The van der Waals surface area contributed by atoms with Gasteiger partial charge in [0, 0.05) is 27.7 Å². The first-order chi connectivity index (χ1) is 10.1. The van der Waals surface area contributed by atoms with Crippen LogP contribution in [-0.4, -0.2) is 12.6 Å². The smallest absolute Gasteiger partial charge is 0.126 e. The van der Waals surface area contributed by atoms with E-state index in [0.29, 0.717) is 23.3 Å². The molecule has 0 bridgehead atoms.